The van der Waals surface area contributed by atoms with E-state index in [-0.39, 0.29) is 28.3 Å². The number of nitrogens with one attached hydrogen (secondary N) is 2. The van der Waals surface area contributed by atoms with Crippen LogP contribution in [0.5, 0.6) is 0 Å². The lowest BCUT2D eigenvalue weighted by atomic mass is 10.3. The summed E-state index contributed by atoms with van der Waals surface area (Å²) >= 11 is 1.14. The lowest BCUT2D eigenvalue weighted by Gasteiger charge is -2.14. The number of carbonyl (C=O) groups is 1. The number of benzene rings is 1. The number of nitrogen functional groups attached to an aromatic ring is 2. The van der Waals surface area contributed by atoms with Crippen LogP contribution in [-0.4, -0.2) is 34.7 Å². The predicted octanol–water partition coefficient (Wildman–Crippen LogP) is 2.25. The van der Waals surface area contributed by atoms with Gasteiger partial charge in [0.2, 0.25) is 5.91 Å². The Labute approximate surface area is 183 Å². The second-order valence-corrected chi connectivity index (χ2v) is 9.31. The molecule has 0 spiro atoms. The molecule has 164 valence electrons. The van der Waals surface area contributed by atoms with E-state index >= 15 is 0 Å². The van der Waals surface area contributed by atoms with Gasteiger partial charge in [-0.3, -0.25) is 9.52 Å². The molecule has 0 fully saturated rings. The first-order chi connectivity index (χ1) is 14.7. The number of sulfonamides is 1. The van der Waals surface area contributed by atoms with Gasteiger partial charge in [0.25, 0.3) is 10.0 Å². The van der Waals surface area contributed by atoms with Gasteiger partial charge in [-0.05, 0) is 37.6 Å². The molecule has 2 aromatic heterocycles. The van der Waals surface area contributed by atoms with E-state index in [4.69, 9.17) is 16.0 Å². The van der Waals surface area contributed by atoms with Crippen molar-refractivity contribution in [3.63, 3.8) is 0 Å². The van der Waals surface area contributed by atoms with Crippen molar-refractivity contribution in [3.8, 4) is 0 Å². The van der Waals surface area contributed by atoms with Gasteiger partial charge >= 0.3 is 0 Å². The molecule has 1 amide bonds. The van der Waals surface area contributed by atoms with Crippen molar-refractivity contribution in [2.45, 2.75) is 35.6 Å². The molecule has 0 aliphatic rings. The summed E-state index contributed by atoms with van der Waals surface area (Å²) in [4.78, 5) is 20.8. The molecule has 1 atom stereocenters. The van der Waals surface area contributed by atoms with Crippen molar-refractivity contribution in [1.29, 1.82) is 0 Å². The summed E-state index contributed by atoms with van der Waals surface area (Å²) in [6.07, 6.45) is 0.502. The van der Waals surface area contributed by atoms with Crippen LogP contribution in [-0.2, 0) is 14.8 Å². The van der Waals surface area contributed by atoms with Gasteiger partial charge in [-0.1, -0.05) is 23.8 Å². The molecule has 0 bridgehead atoms. The Kier molecular flexibility index (Phi) is 6.65. The molecule has 2 heterocycles. The molecule has 0 aliphatic heterocycles. The standard InChI is InChI=1S/C18H21N7O4S2/c1-3-13(30-18-22-14(19)9-15(20)23-18)17(26)21-11-4-6-12(7-5-11)31(27,28)25-16-8-10(2)29-24-16/h4-9,13H,3H2,1-2H3,(H,21,26)(H,24,25)(H4,19,20,22,23). The van der Waals surface area contributed by atoms with Crippen molar-refractivity contribution in [3.05, 3.63) is 42.2 Å². The summed E-state index contributed by atoms with van der Waals surface area (Å²) in [5.41, 5.74) is 11.8. The third kappa shape index (κ3) is 5.86. The normalized spacial score (nSPS) is 12.3. The van der Waals surface area contributed by atoms with Gasteiger partial charge in [0, 0.05) is 17.8 Å². The number of nitrogens with two attached hydrogens (primary N) is 2. The number of carbonyl (C=O) groups excluding carboxylic acids is 1. The minimum atomic E-state index is -3.84. The SMILES string of the molecule is CCC(Sc1nc(N)cc(N)n1)C(=O)Nc1ccc(S(=O)(=O)Nc2cc(C)on2)cc1. The van der Waals surface area contributed by atoms with Crippen molar-refractivity contribution >= 4 is 50.8 Å². The fourth-order valence-corrected chi connectivity index (χ4v) is 4.40. The third-order valence-electron chi connectivity index (χ3n) is 3.96. The van der Waals surface area contributed by atoms with Crippen LogP contribution < -0.4 is 21.5 Å². The molecule has 0 radical (unpaired) electrons. The Bertz CT molecular complexity index is 1160. The second kappa shape index (κ2) is 9.22. The molecule has 3 aromatic rings. The summed E-state index contributed by atoms with van der Waals surface area (Å²) in [5, 5.41) is 6.16. The molecule has 0 saturated heterocycles. The molecule has 6 N–H and O–H groups in total. The second-order valence-electron chi connectivity index (χ2n) is 6.46. The van der Waals surface area contributed by atoms with Gasteiger partial charge in [-0.15, -0.1) is 0 Å². The van der Waals surface area contributed by atoms with Gasteiger partial charge < -0.3 is 21.3 Å². The summed E-state index contributed by atoms with van der Waals surface area (Å²) in [6.45, 7) is 3.50. The maximum absolute atomic E-state index is 12.6. The zero-order chi connectivity index (χ0) is 22.6. The largest absolute Gasteiger partial charge is 0.383 e. The first-order valence-corrected chi connectivity index (χ1v) is 11.5. The molecule has 1 unspecified atom stereocenters. The maximum atomic E-state index is 12.6. The highest BCUT2D eigenvalue weighted by Crippen LogP contribution is 2.25. The summed E-state index contributed by atoms with van der Waals surface area (Å²) in [7, 11) is -3.84. The number of nitrogens with zero attached hydrogens (tertiary/aromatic N) is 3. The minimum absolute atomic E-state index is 0.0104. The number of anilines is 4. The lowest BCUT2D eigenvalue weighted by molar-refractivity contribution is -0.115. The Morgan fingerprint density at radius 2 is 1.81 bits per heavy atom. The van der Waals surface area contributed by atoms with Gasteiger partial charge in [0.15, 0.2) is 11.0 Å². The van der Waals surface area contributed by atoms with Crippen LogP contribution in [0, 0.1) is 6.92 Å². The molecule has 11 nitrogen and oxygen atoms in total. The van der Waals surface area contributed by atoms with E-state index in [1.807, 2.05) is 6.92 Å². The highest BCUT2D eigenvalue weighted by molar-refractivity contribution is 8.00. The van der Waals surface area contributed by atoms with Crippen molar-refractivity contribution < 1.29 is 17.7 Å². The zero-order valence-electron chi connectivity index (χ0n) is 16.7. The average molecular weight is 464 g/mol. The van der Waals surface area contributed by atoms with Crippen molar-refractivity contribution in [2.24, 2.45) is 0 Å². The van der Waals surface area contributed by atoms with Crippen LogP contribution in [0.15, 0.2) is 51.0 Å². The summed E-state index contributed by atoms with van der Waals surface area (Å²) in [6, 6.07) is 8.63. The zero-order valence-corrected chi connectivity index (χ0v) is 18.3. The molecule has 3 rings (SSSR count). The van der Waals surface area contributed by atoms with Gasteiger partial charge in [0.1, 0.15) is 17.4 Å². The molecular formula is C18H21N7O4S2. The quantitative estimate of drug-likeness (QED) is 0.286. The van der Waals surface area contributed by atoms with E-state index < -0.39 is 15.3 Å². The third-order valence-corrected chi connectivity index (χ3v) is 6.55. The topological polar surface area (TPSA) is 179 Å². The fourth-order valence-electron chi connectivity index (χ4n) is 2.52. The fraction of sp³-hybridized carbons (Fsp3) is 0.222. The highest BCUT2D eigenvalue weighted by Gasteiger charge is 2.21. The smallest absolute Gasteiger partial charge is 0.263 e. The van der Waals surface area contributed by atoms with Crippen LogP contribution in [0.1, 0.15) is 19.1 Å². The molecule has 1 aromatic carbocycles. The Morgan fingerprint density at radius 1 is 1.16 bits per heavy atom. The molecule has 0 aliphatic carbocycles. The van der Waals surface area contributed by atoms with E-state index in [2.05, 4.69) is 25.2 Å². The van der Waals surface area contributed by atoms with Crippen LogP contribution in [0.2, 0.25) is 0 Å². The van der Waals surface area contributed by atoms with Crippen molar-refractivity contribution in [1.82, 2.24) is 15.1 Å². The monoisotopic (exact) mass is 463 g/mol. The number of amides is 1. The van der Waals surface area contributed by atoms with E-state index in [0.29, 0.717) is 23.0 Å². The Morgan fingerprint density at radius 3 is 2.35 bits per heavy atom. The maximum Gasteiger partial charge on any atom is 0.263 e. The summed E-state index contributed by atoms with van der Waals surface area (Å²) < 4.78 is 32.0. The highest BCUT2D eigenvalue weighted by atomic mass is 32.2. The predicted molar refractivity (Wildman–Crippen MR) is 118 cm³/mol. The molecule has 31 heavy (non-hydrogen) atoms. The molecule has 13 heteroatoms. The van der Waals surface area contributed by atoms with E-state index in [9.17, 15) is 13.2 Å². The first-order valence-electron chi connectivity index (χ1n) is 9.10. The number of thioether (sulfide) groups is 1. The summed E-state index contributed by atoms with van der Waals surface area (Å²) in [5.74, 6) is 0.712. The van der Waals surface area contributed by atoms with Gasteiger partial charge in [0.05, 0.1) is 10.1 Å². The van der Waals surface area contributed by atoms with Crippen LogP contribution in [0.4, 0.5) is 23.1 Å². The lowest BCUT2D eigenvalue weighted by Crippen LogP contribution is -2.25. The molecular weight excluding hydrogens is 442 g/mol. The van der Waals surface area contributed by atoms with Crippen LogP contribution >= 0.6 is 11.8 Å². The molecule has 0 saturated carbocycles. The van der Waals surface area contributed by atoms with E-state index in [1.54, 1.807) is 6.92 Å². The number of aryl methyl sites for hydroxylation is 1. The van der Waals surface area contributed by atoms with Crippen LogP contribution in [0.3, 0.4) is 0 Å². The van der Waals surface area contributed by atoms with E-state index in [0.717, 1.165) is 11.8 Å². The van der Waals surface area contributed by atoms with Crippen molar-refractivity contribution in [2.75, 3.05) is 21.5 Å². The number of rotatable bonds is 8. The minimum Gasteiger partial charge on any atom is -0.383 e. The van der Waals surface area contributed by atoms with Gasteiger partial charge in [-0.25, -0.2) is 18.4 Å². The first kappa shape index (κ1) is 22.4. The Balaban J connectivity index is 1.67. The van der Waals surface area contributed by atoms with Gasteiger partial charge in [-0.2, -0.15) is 0 Å². The van der Waals surface area contributed by atoms with Crippen LogP contribution in [0.25, 0.3) is 0 Å². The number of aromatic nitrogens is 3. The number of hydrogen-bond acceptors (Lipinski definition) is 10. The Hall–Kier alpha value is -3.32. The average Bonchev–Trinajstić information content (AvgIpc) is 3.09. The number of hydrogen-bond donors (Lipinski definition) is 4. The van der Waals surface area contributed by atoms with E-state index in [1.165, 1.54) is 36.4 Å².